The number of ketones is 1. The monoisotopic (exact) mass is 220 g/mol. The molecule has 0 spiro atoms. The van der Waals surface area contributed by atoms with Gasteiger partial charge in [-0.05, 0) is 12.5 Å². The van der Waals surface area contributed by atoms with E-state index in [0.717, 1.165) is 0 Å². The van der Waals surface area contributed by atoms with Crippen LogP contribution < -0.4 is 0 Å². The predicted molar refractivity (Wildman–Crippen MR) is 55.9 cm³/mol. The summed E-state index contributed by atoms with van der Waals surface area (Å²) in [7, 11) is 0. The van der Waals surface area contributed by atoms with Crippen LogP contribution in [0.1, 0.15) is 18.9 Å². The van der Waals surface area contributed by atoms with E-state index in [2.05, 4.69) is 0 Å². The lowest BCUT2D eigenvalue weighted by atomic mass is 9.92. The van der Waals surface area contributed by atoms with Crippen LogP contribution in [-0.2, 0) is 19.9 Å². The van der Waals surface area contributed by atoms with Gasteiger partial charge in [0.25, 0.3) is 0 Å². The summed E-state index contributed by atoms with van der Waals surface area (Å²) >= 11 is 0. The Balaban J connectivity index is 2.33. The molecule has 2 rings (SSSR count). The van der Waals surface area contributed by atoms with E-state index in [0.29, 0.717) is 5.56 Å². The number of aliphatic carboxylic acids is 1. The van der Waals surface area contributed by atoms with E-state index in [9.17, 15) is 9.59 Å². The van der Waals surface area contributed by atoms with Crippen molar-refractivity contribution >= 4 is 11.8 Å². The fourth-order valence-electron chi connectivity index (χ4n) is 1.88. The molecule has 0 amide bonds. The Morgan fingerprint density at radius 2 is 2.06 bits per heavy atom. The summed E-state index contributed by atoms with van der Waals surface area (Å²) in [5.41, 5.74) is -0.423. The van der Waals surface area contributed by atoms with E-state index in [4.69, 9.17) is 9.84 Å². The Morgan fingerprint density at radius 3 is 2.56 bits per heavy atom. The van der Waals surface area contributed by atoms with Gasteiger partial charge in [-0.2, -0.15) is 0 Å². The first-order chi connectivity index (χ1) is 7.54. The smallest absolute Gasteiger partial charge is 0.333 e. The van der Waals surface area contributed by atoms with Crippen LogP contribution in [0.3, 0.4) is 0 Å². The SMILES string of the molecule is C[C@@]1(c2ccccc2)OC(C(=O)O)CC1=O. The average Bonchev–Trinajstić information content (AvgIpc) is 2.58. The molecule has 2 atom stereocenters. The molecule has 1 fully saturated rings. The normalized spacial score (nSPS) is 29.3. The van der Waals surface area contributed by atoms with Crippen LogP contribution in [0.25, 0.3) is 0 Å². The number of carboxylic acids is 1. The molecule has 1 unspecified atom stereocenters. The number of carbonyl (C=O) groups excluding carboxylic acids is 1. The van der Waals surface area contributed by atoms with Crippen LogP contribution in [-0.4, -0.2) is 23.0 Å². The molecule has 4 nitrogen and oxygen atoms in total. The van der Waals surface area contributed by atoms with Crippen LogP contribution in [0.5, 0.6) is 0 Å². The number of Topliss-reactive ketones (excluding diaryl/α,β-unsaturated/α-hetero) is 1. The molecular weight excluding hydrogens is 208 g/mol. The van der Waals surface area contributed by atoms with Crippen LogP contribution in [0.15, 0.2) is 30.3 Å². The van der Waals surface area contributed by atoms with Gasteiger partial charge in [-0.15, -0.1) is 0 Å². The van der Waals surface area contributed by atoms with Crippen LogP contribution in [0, 0.1) is 0 Å². The molecule has 1 aromatic carbocycles. The second-order valence-corrected chi connectivity index (χ2v) is 3.97. The molecule has 1 heterocycles. The van der Waals surface area contributed by atoms with Crippen molar-refractivity contribution in [2.24, 2.45) is 0 Å². The highest BCUT2D eigenvalue weighted by molar-refractivity contribution is 5.94. The minimum absolute atomic E-state index is 0.0687. The summed E-state index contributed by atoms with van der Waals surface area (Å²) in [6.07, 6.45) is -1.10. The molecule has 84 valence electrons. The third kappa shape index (κ3) is 1.61. The molecule has 0 radical (unpaired) electrons. The Morgan fingerprint density at radius 1 is 1.44 bits per heavy atom. The maximum absolute atomic E-state index is 11.8. The van der Waals surface area contributed by atoms with Gasteiger partial charge < -0.3 is 9.84 Å². The maximum Gasteiger partial charge on any atom is 0.333 e. The predicted octanol–water partition coefficient (Wildman–Crippen LogP) is 1.34. The quantitative estimate of drug-likeness (QED) is 0.817. The van der Waals surface area contributed by atoms with Crippen molar-refractivity contribution in [2.75, 3.05) is 0 Å². The Labute approximate surface area is 92.8 Å². The third-order valence-electron chi connectivity index (χ3n) is 2.88. The van der Waals surface area contributed by atoms with Crippen molar-refractivity contribution in [3.05, 3.63) is 35.9 Å². The standard InChI is InChI=1S/C12H12O4/c1-12(8-5-3-2-4-6-8)10(13)7-9(16-12)11(14)15/h2-6,9H,7H2,1H3,(H,14,15)/t9?,12-/m0/s1. The van der Waals surface area contributed by atoms with Gasteiger partial charge in [0.05, 0.1) is 0 Å². The number of hydrogen-bond acceptors (Lipinski definition) is 3. The topological polar surface area (TPSA) is 63.6 Å². The minimum Gasteiger partial charge on any atom is -0.479 e. The van der Waals surface area contributed by atoms with Gasteiger partial charge in [0.15, 0.2) is 11.9 Å². The van der Waals surface area contributed by atoms with Gasteiger partial charge in [0.2, 0.25) is 0 Å². The van der Waals surface area contributed by atoms with Crippen molar-refractivity contribution in [3.8, 4) is 0 Å². The van der Waals surface area contributed by atoms with Crippen LogP contribution in [0.2, 0.25) is 0 Å². The van der Waals surface area contributed by atoms with Crippen molar-refractivity contribution in [3.63, 3.8) is 0 Å². The van der Waals surface area contributed by atoms with Gasteiger partial charge in [-0.3, -0.25) is 4.79 Å². The van der Waals surface area contributed by atoms with Crippen molar-refractivity contribution in [1.29, 1.82) is 0 Å². The summed E-state index contributed by atoms with van der Waals surface area (Å²) in [6.45, 7) is 1.62. The molecule has 1 saturated heterocycles. The van der Waals surface area contributed by atoms with Crippen molar-refractivity contribution in [1.82, 2.24) is 0 Å². The summed E-state index contributed by atoms with van der Waals surface area (Å²) in [4.78, 5) is 22.6. The zero-order chi connectivity index (χ0) is 11.8. The number of benzene rings is 1. The molecular formula is C12H12O4. The van der Waals surface area contributed by atoms with E-state index >= 15 is 0 Å². The van der Waals surface area contributed by atoms with E-state index in [1.165, 1.54) is 0 Å². The summed E-state index contributed by atoms with van der Waals surface area (Å²) < 4.78 is 5.36. The third-order valence-corrected chi connectivity index (χ3v) is 2.88. The number of hydrogen-bond donors (Lipinski definition) is 1. The molecule has 1 aliphatic heterocycles. The lowest BCUT2D eigenvalue weighted by molar-refractivity contribution is -0.155. The molecule has 16 heavy (non-hydrogen) atoms. The lowest BCUT2D eigenvalue weighted by Crippen LogP contribution is -2.30. The fourth-order valence-corrected chi connectivity index (χ4v) is 1.88. The fraction of sp³-hybridized carbons (Fsp3) is 0.333. The molecule has 0 bridgehead atoms. The van der Waals surface area contributed by atoms with Crippen LogP contribution in [0.4, 0.5) is 0 Å². The highest BCUT2D eigenvalue weighted by Gasteiger charge is 2.47. The number of carboxylic acid groups (broad SMARTS) is 1. The second-order valence-electron chi connectivity index (χ2n) is 3.97. The molecule has 1 N–H and O–H groups in total. The molecule has 0 saturated carbocycles. The summed E-state index contributed by atoms with van der Waals surface area (Å²) in [5, 5.41) is 8.83. The van der Waals surface area contributed by atoms with Gasteiger partial charge in [0.1, 0.15) is 5.60 Å². The minimum atomic E-state index is -1.12. The zero-order valence-electron chi connectivity index (χ0n) is 8.84. The molecule has 0 aromatic heterocycles. The van der Waals surface area contributed by atoms with Gasteiger partial charge in [-0.25, -0.2) is 4.79 Å². The Kier molecular flexibility index (Phi) is 2.52. The number of ether oxygens (including phenoxy) is 1. The molecule has 1 aliphatic rings. The number of rotatable bonds is 2. The lowest BCUT2D eigenvalue weighted by Gasteiger charge is -2.22. The average molecular weight is 220 g/mol. The van der Waals surface area contributed by atoms with Gasteiger partial charge in [0, 0.05) is 6.42 Å². The summed E-state index contributed by atoms with van der Waals surface area (Å²) in [6, 6.07) is 8.96. The first-order valence-corrected chi connectivity index (χ1v) is 5.03. The number of carbonyl (C=O) groups is 2. The summed E-state index contributed by atoms with van der Waals surface area (Å²) in [5.74, 6) is -1.28. The largest absolute Gasteiger partial charge is 0.479 e. The maximum atomic E-state index is 11.8. The zero-order valence-corrected chi connectivity index (χ0v) is 8.84. The first-order valence-electron chi connectivity index (χ1n) is 5.03. The molecule has 0 aliphatic carbocycles. The van der Waals surface area contributed by atoms with Crippen molar-refractivity contribution < 1.29 is 19.4 Å². The second kappa shape index (κ2) is 3.72. The molecule has 4 heteroatoms. The van der Waals surface area contributed by atoms with Crippen molar-refractivity contribution in [2.45, 2.75) is 25.0 Å². The highest BCUT2D eigenvalue weighted by atomic mass is 16.5. The van der Waals surface area contributed by atoms with E-state index in [1.807, 2.05) is 6.07 Å². The molecule has 1 aromatic rings. The van der Waals surface area contributed by atoms with E-state index < -0.39 is 17.7 Å². The van der Waals surface area contributed by atoms with Gasteiger partial charge in [-0.1, -0.05) is 30.3 Å². The highest BCUT2D eigenvalue weighted by Crippen LogP contribution is 2.35. The Bertz CT molecular complexity index is 426. The van der Waals surface area contributed by atoms with Crippen LogP contribution >= 0.6 is 0 Å². The Hall–Kier alpha value is -1.68. The van der Waals surface area contributed by atoms with E-state index in [-0.39, 0.29) is 12.2 Å². The van der Waals surface area contributed by atoms with Gasteiger partial charge >= 0.3 is 5.97 Å². The first kappa shape index (κ1) is 10.8. The van der Waals surface area contributed by atoms with E-state index in [1.54, 1.807) is 31.2 Å².